The number of nitrogens with one attached hydrogen (secondary N) is 2. The fourth-order valence-electron chi connectivity index (χ4n) is 2.06. The van der Waals surface area contributed by atoms with Crippen LogP contribution in [0.3, 0.4) is 0 Å². The Bertz CT molecular complexity index is 632. The Hall–Kier alpha value is -2.87. The average molecular weight is 364 g/mol. The molecule has 4 N–H and O–H groups in total. The molecule has 0 aromatic heterocycles. The van der Waals surface area contributed by atoms with Crippen molar-refractivity contribution in [3.05, 3.63) is 48.0 Å². The summed E-state index contributed by atoms with van der Waals surface area (Å²) in [6.07, 6.45) is -2.14. The summed E-state index contributed by atoms with van der Waals surface area (Å²) in [5.74, 6) is -1.82. The number of aliphatic hydroxyl groups is 1. The fraction of sp³-hybridized carbons (Fsp3) is 0.389. The van der Waals surface area contributed by atoms with E-state index >= 15 is 0 Å². The van der Waals surface area contributed by atoms with Crippen LogP contribution in [-0.4, -0.2) is 46.9 Å². The van der Waals surface area contributed by atoms with Gasteiger partial charge in [0, 0.05) is 6.54 Å². The van der Waals surface area contributed by atoms with Crippen molar-refractivity contribution >= 4 is 18.0 Å². The lowest BCUT2D eigenvalue weighted by molar-refractivity contribution is -0.142. The molecule has 0 fully saturated rings. The molecule has 0 saturated heterocycles. The topological polar surface area (TPSA) is 125 Å². The molecule has 1 aromatic rings. The van der Waals surface area contributed by atoms with Crippen molar-refractivity contribution in [2.24, 2.45) is 0 Å². The van der Waals surface area contributed by atoms with Gasteiger partial charge < -0.3 is 25.6 Å². The number of ether oxygens (including phenoxy) is 1. The number of carboxylic acids is 1. The standard InChI is InChI=1S/C18H24N2O6/c1-12(2)8-15(17(23)24)20-16(22)9-14(21)10-19-18(25)26-11-13-6-4-3-5-7-13/h3-7,14-15,21H,1,8-11H2,2H3,(H,19,25)(H,20,22)(H,23,24)/t14-,15-/m1/s1. The van der Waals surface area contributed by atoms with E-state index in [4.69, 9.17) is 9.84 Å². The summed E-state index contributed by atoms with van der Waals surface area (Å²) < 4.78 is 4.97. The van der Waals surface area contributed by atoms with Crippen LogP contribution in [0.4, 0.5) is 4.79 Å². The van der Waals surface area contributed by atoms with Gasteiger partial charge in [0.15, 0.2) is 0 Å². The highest BCUT2D eigenvalue weighted by Crippen LogP contribution is 2.04. The van der Waals surface area contributed by atoms with Gasteiger partial charge in [-0.25, -0.2) is 9.59 Å². The van der Waals surface area contributed by atoms with Crippen molar-refractivity contribution in [3.63, 3.8) is 0 Å². The van der Waals surface area contributed by atoms with Crippen molar-refractivity contribution in [3.8, 4) is 0 Å². The number of carbonyl (C=O) groups is 3. The molecule has 1 aromatic carbocycles. The number of aliphatic hydroxyl groups excluding tert-OH is 1. The molecule has 0 aliphatic rings. The predicted molar refractivity (Wildman–Crippen MR) is 94.3 cm³/mol. The molecule has 8 nitrogen and oxygen atoms in total. The van der Waals surface area contributed by atoms with Crippen molar-refractivity contribution in [2.75, 3.05) is 6.54 Å². The van der Waals surface area contributed by atoms with Crippen LogP contribution in [-0.2, 0) is 20.9 Å². The molecule has 1 rings (SSSR count). The quantitative estimate of drug-likeness (QED) is 0.462. The van der Waals surface area contributed by atoms with Crippen molar-refractivity contribution in [2.45, 2.75) is 38.5 Å². The summed E-state index contributed by atoms with van der Waals surface area (Å²) in [4.78, 5) is 34.4. The highest BCUT2D eigenvalue weighted by molar-refractivity contribution is 5.84. The van der Waals surface area contributed by atoms with E-state index in [1.54, 1.807) is 19.1 Å². The van der Waals surface area contributed by atoms with Gasteiger partial charge in [-0.3, -0.25) is 4.79 Å². The minimum absolute atomic E-state index is 0.0877. The Labute approximate surface area is 151 Å². The molecule has 0 radical (unpaired) electrons. The number of amides is 2. The van der Waals surface area contributed by atoms with Crippen molar-refractivity contribution in [1.29, 1.82) is 0 Å². The van der Waals surface area contributed by atoms with Crippen LogP contribution in [0.25, 0.3) is 0 Å². The Balaban J connectivity index is 2.30. The molecule has 0 unspecified atom stereocenters. The molecule has 0 spiro atoms. The van der Waals surface area contributed by atoms with E-state index in [-0.39, 0.29) is 26.0 Å². The lowest BCUT2D eigenvalue weighted by atomic mass is 10.1. The van der Waals surface area contributed by atoms with E-state index in [9.17, 15) is 19.5 Å². The monoisotopic (exact) mass is 364 g/mol. The van der Waals surface area contributed by atoms with E-state index < -0.39 is 30.1 Å². The normalized spacial score (nSPS) is 12.5. The molecule has 0 heterocycles. The lowest BCUT2D eigenvalue weighted by Gasteiger charge is -2.16. The summed E-state index contributed by atoms with van der Waals surface area (Å²) in [5, 5.41) is 23.5. The van der Waals surface area contributed by atoms with E-state index in [1.807, 2.05) is 18.2 Å². The molecule has 0 bridgehead atoms. The molecular formula is C18H24N2O6. The first-order valence-electron chi connectivity index (χ1n) is 8.07. The van der Waals surface area contributed by atoms with Gasteiger partial charge in [-0.1, -0.05) is 35.9 Å². The maximum atomic E-state index is 11.8. The number of carbonyl (C=O) groups excluding carboxylic acids is 2. The van der Waals surface area contributed by atoms with E-state index in [1.165, 1.54) is 0 Å². The van der Waals surface area contributed by atoms with Crippen LogP contribution in [0.2, 0.25) is 0 Å². The van der Waals surface area contributed by atoms with Gasteiger partial charge in [0.2, 0.25) is 5.91 Å². The van der Waals surface area contributed by atoms with Gasteiger partial charge in [-0.15, -0.1) is 6.58 Å². The first-order valence-corrected chi connectivity index (χ1v) is 8.07. The molecule has 0 aliphatic heterocycles. The number of carboxylic acid groups (broad SMARTS) is 1. The smallest absolute Gasteiger partial charge is 0.407 e. The fourth-order valence-corrected chi connectivity index (χ4v) is 2.06. The zero-order chi connectivity index (χ0) is 19.5. The molecule has 2 amide bonds. The van der Waals surface area contributed by atoms with Gasteiger partial charge in [0.25, 0.3) is 0 Å². The highest BCUT2D eigenvalue weighted by Gasteiger charge is 2.21. The van der Waals surface area contributed by atoms with Crippen molar-refractivity contribution in [1.82, 2.24) is 10.6 Å². The Morgan fingerprint density at radius 2 is 1.85 bits per heavy atom. The summed E-state index contributed by atoms with van der Waals surface area (Å²) in [7, 11) is 0. The second-order valence-electron chi connectivity index (χ2n) is 5.92. The molecule has 142 valence electrons. The number of hydrogen-bond acceptors (Lipinski definition) is 5. The number of aliphatic carboxylic acids is 1. The predicted octanol–water partition coefficient (Wildman–Crippen LogP) is 1.20. The Morgan fingerprint density at radius 3 is 2.42 bits per heavy atom. The third-order valence-electron chi connectivity index (χ3n) is 3.30. The van der Waals surface area contributed by atoms with Crippen LogP contribution in [0.15, 0.2) is 42.5 Å². The average Bonchev–Trinajstić information content (AvgIpc) is 2.58. The SMILES string of the molecule is C=C(C)C[C@@H](NC(=O)C[C@@H](O)CNC(=O)OCc1ccccc1)C(=O)O. The van der Waals surface area contributed by atoms with Gasteiger partial charge in [-0.2, -0.15) is 0 Å². The third-order valence-corrected chi connectivity index (χ3v) is 3.30. The molecule has 0 saturated carbocycles. The lowest BCUT2D eigenvalue weighted by Crippen LogP contribution is -2.43. The second-order valence-corrected chi connectivity index (χ2v) is 5.92. The maximum absolute atomic E-state index is 11.8. The number of rotatable bonds is 10. The third kappa shape index (κ3) is 8.84. The summed E-state index contributed by atoms with van der Waals surface area (Å²) >= 11 is 0. The molecule has 2 atom stereocenters. The number of hydrogen-bond donors (Lipinski definition) is 4. The molecule has 0 aliphatic carbocycles. The summed E-state index contributed by atoms with van der Waals surface area (Å²) in [6, 6.07) is 7.98. The van der Waals surface area contributed by atoms with Crippen LogP contribution >= 0.6 is 0 Å². The van der Waals surface area contributed by atoms with Gasteiger partial charge in [0.1, 0.15) is 12.6 Å². The Morgan fingerprint density at radius 1 is 1.19 bits per heavy atom. The largest absolute Gasteiger partial charge is 0.480 e. The highest BCUT2D eigenvalue weighted by atomic mass is 16.5. The molecular weight excluding hydrogens is 340 g/mol. The van der Waals surface area contributed by atoms with Gasteiger partial charge in [0.05, 0.1) is 12.5 Å². The zero-order valence-corrected chi connectivity index (χ0v) is 14.6. The second kappa shape index (κ2) is 10.9. The minimum Gasteiger partial charge on any atom is -0.480 e. The minimum atomic E-state index is -1.18. The van der Waals surface area contributed by atoms with Gasteiger partial charge in [-0.05, 0) is 18.9 Å². The van der Waals surface area contributed by atoms with Crippen LogP contribution in [0.5, 0.6) is 0 Å². The zero-order valence-electron chi connectivity index (χ0n) is 14.6. The molecule has 8 heteroatoms. The maximum Gasteiger partial charge on any atom is 0.407 e. The first-order chi connectivity index (χ1) is 12.3. The first kappa shape index (κ1) is 21.2. The van der Waals surface area contributed by atoms with Crippen LogP contribution in [0.1, 0.15) is 25.3 Å². The summed E-state index contributed by atoms with van der Waals surface area (Å²) in [6.45, 7) is 5.16. The molecule has 26 heavy (non-hydrogen) atoms. The van der Waals surface area contributed by atoms with E-state index in [0.717, 1.165) is 5.56 Å². The summed E-state index contributed by atoms with van der Waals surface area (Å²) in [5.41, 5.74) is 1.43. The van der Waals surface area contributed by atoms with E-state index in [0.29, 0.717) is 5.57 Å². The van der Waals surface area contributed by atoms with Crippen molar-refractivity contribution < 1.29 is 29.3 Å². The van der Waals surface area contributed by atoms with Crippen LogP contribution in [0, 0.1) is 0 Å². The number of benzene rings is 1. The Kier molecular flexibility index (Phi) is 8.86. The number of alkyl carbamates (subject to hydrolysis) is 1. The van der Waals surface area contributed by atoms with Crippen LogP contribution < -0.4 is 10.6 Å². The van der Waals surface area contributed by atoms with E-state index in [2.05, 4.69) is 17.2 Å². The van der Waals surface area contributed by atoms with Gasteiger partial charge >= 0.3 is 12.1 Å².